The van der Waals surface area contributed by atoms with Gasteiger partial charge in [0.05, 0.1) is 0 Å². The van der Waals surface area contributed by atoms with Crippen molar-refractivity contribution in [2.24, 2.45) is 5.73 Å². The molecule has 0 fully saturated rings. The van der Waals surface area contributed by atoms with Gasteiger partial charge >= 0.3 is 0 Å². The molecule has 0 rings (SSSR count). The molecule has 0 aromatic carbocycles. The Labute approximate surface area is 83.6 Å². The Bertz CT molecular complexity index is 152. The predicted molar refractivity (Wildman–Crippen MR) is 56.6 cm³/mol. The van der Waals surface area contributed by atoms with Crippen LogP contribution in [0.25, 0.3) is 0 Å². The van der Waals surface area contributed by atoms with E-state index in [-0.39, 0.29) is 24.4 Å². The van der Waals surface area contributed by atoms with E-state index in [1.807, 2.05) is 13.2 Å². The highest BCUT2D eigenvalue weighted by Crippen LogP contribution is 1.92. The Kier molecular flexibility index (Phi) is 10.6. The Hall–Kier alpha value is -0.190. The average molecular weight is 211 g/mol. The molecule has 0 radical (unpaired) electrons. The lowest BCUT2D eigenvalue weighted by molar-refractivity contribution is -0.117. The third-order valence-electron chi connectivity index (χ3n) is 1.10. The highest BCUT2D eigenvalue weighted by Gasteiger charge is 1.99. The van der Waals surface area contributed by atoms with Crippen LogP contribution in [0.4, 0.5) is 0 Å². The summed E-state index contributed by atoms with van der Waals surface area (Å²) >= 11 is 1.49. The van der Waals surface area contributed by atoms with Crippen LogP contribution in [0.1, 0.15) is 6.92 Å². The minimum absolute atomic E-state index is 0. The van der Waals surface area contributed by atoms with Crippen molar-refractivity contribution in [2.75, 3.05) is 12.8 Å². The summed E-state index contributed by atoms with van der Waals surface area (Å²) in [7, 11) is 0. The summed E-state index contributed by atoms with van der Waals surface area (Å²) in [6.45, 7) is 2.34. The highest BCUT2D eigenvalue weighted by atomic mass is 35.5. The summed E-state index contributed by atoms with van der Waals surface area (Å²) in [5, 5.41) is 4.43. The number of carbonyl (C=O) groups excluding carboxylic acids is 1. The molecular formula is C7H15ClN2OS. The molecule has 0 aliphatic rings. The molecule has 0 aliphatic heterocycles. The first-order chi connectivity index (χ1) is 5.20. The highest BCUT2D eigenvalue weighted by molar-refractivity contribution is 8.01. The molecule has 0 aliphatic carbocycles. The Balaban J connectivity index is 0. The standard InChI is InChI=1S/C7H14N2OS.ClH/c1-6(5-8)9-7(10)3-4-11-2;/h3-4,6H,5,8H2,1-2H3,(H,9,10);1H/b4-3+;/t6-;/m0./s1. The number of hydrogen-bond acceptors (Lipinski definition) is 3. The van der Waals surface area contributed by atoms with Gasteiger partial charge in [0.15, 0.2) is 0 Å². The maximum atomic E-state index is 10.9. The van der Waals surface area contributed by atoms with Crippen LogP contribution in [-0.2, 0) is 4.79 Å². The van der Waals surface area contributed by atoms with Crippen LogP contribution >= 0.6 is 24.2 Å². The van der Waals surface area contributed by atoms with Gasteiger partial charge in [-0.1, -0.05) is 0 Å². The second-order valence-corrected chi connectivity index (χ2v) is 2.93. The molecule has 0 heterocycles. The second-order valence-electron chi connectivity index (χ2n) is 2.18. The topological polar surface area (TPSA) is 55.1 Å². The summed E-state index contributed by atoms with van der Waals surface area (Å²) in [5.41, 5.74) is 5.30. The first kappa shape index (κ1) is 14.3. The maximum Gasteiger partial charge on any atom is 0.244 e. The number of rotatable bonds is 4. The number of halogens is 1. The molecule has 12 heavy (non-hydrogen) atoms. The van der Waals surface area contributed by atoms with E-state index < -0.39 is 0 Å². The quantitative estimate of drug-likeness (QED) is 0.674. The molecular weight excluding hydrogens is 196 g/mol. The van der Waals surface area contributed by atoms with Crippen LogP contribution in [0.2, 0.25) is 0 Å². The van der Waals surface area contributed by atoms with E-state index in [4.69, 9.17) is 5.73 Å². The predicted octanol–water partition coefficient (Wildman–Crippen LogP) is 0.748. The van der Waals surface area contributed by atoms with Gasteiger partial charge in [0, 0.05) is 18.7 Å². The van der Waals surface area contributed by atoms with Gasteiger partial charge in [0.1, 0.15) is 0 Å². The lowest BCUT2D eigenvalue weighted by atomic mass is 10.3. The van der Waals surface area contributed by atoms with Gasteiger partial charge in [-0.05, 0) is 18.6 Å². The number of thioether (sulfide) groups is 1. The first-order valence-electron chi connectivity index (χ1n) is 3.40. The zero-order chi connectivity index (χ0) is 8.69. The molecule has 0 unspecified atom stereocenters. The number of amides is 1. The third kappa shape index (κ3) is 7.91. The largest absolute Gasteiger partial charge is 0.349 e. The summed E-state index contributed by atoms with van der Waals surface area (Å²) in [4.78, 5) is 10.9. The molecule has 72 valence electrons. The molecule has 1 atom stereocenters. The number of nitrogens with two attached hydrogens (primary N) is 1. The van der Waals surface area contributed by atoms with Crippen LogP contribution in [0.5, 0.6) is 0 Å². The SMILES string of the molecule is CS/C=C/C(=O)N[C@@H](C)CN.Cl. The molecule has 0 spiro atoms. The van der Waals surface area contributed by atoms with Crippen molar-refractivity contribution >= 4 is 30.1 Å². The summed E-state index contributed by atoms with van der Waals surface area (Å²) in [6.07, 6.45) is 3.40. The lowest BCUT2D eigenvalue weighted by Gasteiger charge is -2.07. The first-order valence-corrected chi connectivity index (χ1v) is 4.69. The molecule has 3 N–H and O–H groups in total. The normalized spacial score (nSPS) is 12.2. The van der Waals surface area contributed by atoms with Gasteiger partial charge in [-0.2, -0.15) is 0 Å². The second kappa shape index (κ2) is 8.90. The fraction of sp³-hybridized carbons (Fsp3) is 0.571. The van der Waals surface area contributed by atoms with E-state index in [1.54, 1.807) is 5.41 Å². The lowest BCUT2D eigenvalue weighted by Crippen LogP contribution is -2.36. The molecule has 0 saturated heterocycles. The van der Waals surface area contributed by atoms with Crippen LogP contribution < -0.4 is 11.1 Å². The Morgan fingerprint density at radius 2 is 2.33 bits per heavy atom. The van der Waals surface area contributed by atoms with Crippen molar-refractivity contribution in [1.29, 1.82) is 0 Å². The molecule has 0 bridgehead atoms. The van der Waals surface area contributed by atoms with E-state index in [1.165, 1.54) is 17.8 Å². The minimum Gasteiger partial charge on any atom is -0.349 e. The van der Waals surface area contributed by atoms with Gasteiger partial charge in [0.2, 0.25) is 5.91 Å². The van der Waals surface area contributed by atoms with Gasteiger partial charge < -0.3 is 11.1 Å². The van der Waals surface area contributed by atoms with Gasteiger partial charge in [-0.25, -0.2) is 0 Å². The van der Waals surface area contributed by atoms with Crippen molar-refractivity contribution in [3.05, 3.63) is 11.5 Å². The molecule has 5 heteroatoms. The Morgan fingerprint density at radius 3 is 2.75 bits per heavy atom. The van der Waals surface area contributed by atoms with E-state index in [2.05, 4.69) is 5.32 Å². The summed E-state index contributed by atoms with van der Waals surface area (Å²) < 4.78 is 0. The average Bonchev–Trinajstić information content (AvgIpc) is 2.00. The van der Waals surface area contributed by atoms with Crippen LogP contribution in [-0.4, -0.2) is 24.7 Å². The van der Waals surface area contributed by atoms with E-state index in [0.717, 1.165) is 0 Å². The number of nitrogens with one attached hydrogen (secondary N) is 1. The number of hydrogen-bond donors (Lipinski definition) is 2. The Morgan fingerprint density at radius 1 is 1.75 bits per heavy atom. The maximum absolute atomic E-state index is 10.9. The van der Waals surface area contributed by atoms with Crippen molar-refractivity contribution in [2.45, 2.75) is 13.0 Å². The van der Waals surface area contributed by atoms with Crippen LogP contribution in [0.15, 0.2) is 11.5 Å². The van der Waals surface area contributed by atoms with Gasteiger partial charge in [-0.3, -0.25) is 4.79 Å². The summed E-state index contributed by atoms with van der Waals surface area (Å²) in [5.74, 6) is -0.0858. The van der Waals surface area contributed by atoms with Crippen molar-refractivity contribution in [1.82, 2.24) is 5.32 Å². The van der Waals surface area contributed by atoms with Crippen LogP contribution in [0.3, 0.4) is 0 Å². The van der Waals surface area contributed by atoms with Crippen molar-refractivity contribution < 1.29 is 4.79 Å². The smallest absolute Gasteiger partial charge is 0.244 e. The molecule has 3 nitrogen and oxygen atoms in total. The molecule has 0 saturated carbocycles. The monoisotopic (exact) mass is 210 g/mol. The van der Waals surface area contributed by atoms with Crippen molar-refractivity contribution in [3.63, 3.8) is 0 Å². The van der Waals surface area contributed by atoms with E-state index in [9.17, 15) is 4.79 Å². The van der Waals surface area contributed by atoms with Crippen LogP contribution in [0, 0.1) is 0 Å². The molecule has 0 aromatic heterocycles. The number of carbonyl (C=O) groups is 1. The molecule has 1 amide bonds. The van der Waals surface area contributed by atoms with Gasteiger partial charge in [-0.15, -0.1) is 24.2 Å². The van der Waals surface area contributed by atoms with Crippen molar-refractivity contribution in [3.8, 4) is 0 Å². The third-order valence-corrected chi connectivity index (χ3v) is 1.51. The zero-order valence-electron chi connectivity index (χ0n) is 7.24. The van der Waals surface area contributed by atoms with Gasteiger partial charge in [0.25, 0.3) is 0 Å². The summed E-state index contributed by atoms with van der Waals surface area (Å²) in [6, 6.07) is 0.0500. The fourth-order valence-electron chi connectivity index (χ4n) is 0.480. The van der Waals surface area contributed by atoms with E-state index in [0.29, 0.717) is 6.54 Å². The fourth-order valence-corrected chi connectivity index (χ4v) is 0.739. The van der Waals surface area contributed by atoms with E-state index >= 15 is 0 Å². The minimum atomic E-state index is -0.0858. The molecule has 0 aromatic rings. The zero-order valence-corrected chi connectivity index (χ0v) is 8.87.